The van der Waals surface area contributed by atoms with Gasteiger partial charge in [0.25, 0.3) is 0 Å². The van der Waals surface area contributed by atoms with Crippen molar-refractivity contribution >= 4 is 75.9 Å². The van der Waals surface area contributed by atoms with Crippen LogP contribution in [0.15, 0.2) is 249 Å². The Morgan fingerprint density at radius 1 is 0.265 bits per heavy atom. The minimum absolute atomic E-state index is 1.13. The Morgan fingerprint density at radius 2 is 0.721 bits per heavy atom. The van der Waals surface area contributed by atoms with Crippen LogP contribution in [0, 0.1) is 0 Å². The molecule has 0 aliphatic rings. The Labute approximate surface area is 393 Å². The molecule has 0 unspecified atom stereocenters. The number of rotatable bonds is 6. The lowest BCUT2D eigenvalue weighted by molar-refractivity contribution is 1.18. The maximum Gasteiger partial charge on any atom is 0.0620 e. The number of aromatic nitrogens is 3. The van der Waals surface area contributed by atoms with Gasteiger partial charge >= 0.3 is 0 Å². The Balaban J connectivity index is 1.02. The fourth-order valence-electron chi connectivity index (χ4n) is 11.2. The van der Waals surface area contributed by atoms with Crippen molar-refractivity contribution in [3.63, 3.8) is 0 Å². The second-order valence-electron chi connectivity index (χ2n) is 17.9. The third-order valence-electron chi connectivity index (χ3n) is 14.2. The molecule has 68 heavy (non-hydrogen) atoms. The summed E-state index contributed by atoms with van der Waals surface area (Å²) in [7, 11) is 0. The zero-order chi connectivity index (χ0) is 44.7. The normalized spacial score (nSPS) is 11.8. The van der Waals surface area contributed by atoms with Crippen LogP contribution in [0.4, 0.5) is 0 Å². The van der Waals surface area contributed by atoms with E-state index in [2.05, 4.69) is 251 Å². The van der Waals surface area contributed by atoms with Gasteiger partial charge in [-0.2, -0.15) is 0 Å². The number of para-hydroxylation sites is 2. The summed E-state index contributed by atoms with van der Waals surface area (Å²) in [6.45, 7) is 0. The molecule has 0 N–H and O–H groups in total. The highest BCUT2D eigenvalue weighted by Crippen LogP contribution is 2.47. The average Bonchev–Trinajstić information content (AvgIpc) is 3.93. The van der Waals surface area contributed by atoms with Gasteiger partial charge in [-0.1, -0.05) is 170 Å². The van der Waals surface area contributed by atoms with Crippen molar-refractivity contribution in [3.05, 3.63) is 249 Å². The number of nitrogens with zero attached hydrogens (tertiary/aromatic N) is 3. The summed E-state index contributed by atoms with van der Waals surface area (Å²) in [5.74, 6) is 0. The van der Waals surface area contributed by atoms with Gasteiger partial charge in [0.15, 0.2) is 0 Å². The summed E-state index contributed by atoms with van der Waals surface area (Å²) < 4.78 is 4.82. The third-order valence-corrected chi connectivity index (χ3v) is 14.2. The second-order valence-corrected chi connectivity index (χ2v) is 17.9. The summed E-state index contributed by atoms with van der Waals surface area (Å²) in [5, 5.41) is 12.2. The van der Waals surface area contributed by atoms with E-state index in [9.17, 15) is 0 Å². The quantitative estimate of drug-likeness (QED) is 0.153. The van der Waals surface area contributed by atoms with Gasteiger partial charge in [0.1, 0.15) is 0 Å². The van der Waals surface area contributed by atoms with Crippen LogP contribution in [0.2, 0.25) is 0 Å². The van der Waals surface area contributed by atoms with Crippen molar-refractivity contribution in [1.29, 1.82) is 0 Å². The average molecular weight is 864 g/mol. The van der Waals surface area contributed by atoms with E-state index >= 15 is 0 Å². The molecule has 14 rings (SSSR count). The molecule has 3 heteroatoms. The molecule has 3 heterocycles. The highest BCUT2D eigenvalue weighted by molar-refractivity contribution is 6.24. The van der Waals surface area contributed by atoms with E-state index in [1.807, 2.05) is 12.4 Å². The Morgan fingerprint density at radius 3 is 1.35 bits per heavy atom. The van der Waals surface area contributed by atoms with Gasteiger partial charge in [0.2, 0.25) is 0 Å². The summed E-state index contributed by atoms with van der Waals surface area (Å²) >= 11 is 0. The molecule has 3 aromatic heterocycles. The Hall–Kier alpha value is -9.05. The minimum Gasteiger partial charge on any atom is -0.309 e. The molecule has 0 atom stereocenters. The number of pyridine rings is 1. The van der Waals surface area contributed by atoms with E-state index in [0.29, 0.717) is 0 Å². The molecule has 14 aromatic rings. The van der Waals surface area contributed by atoms with E-state index in [0.717, 1.165) is 22.3 Å². The monoisotopic (exact) mass is 863 g/mol. The lowest BCUT2D eigenvalue weighted by atomic mass is 9.85. The van der Waals surface area contributed by atoms with Gasteiger partial charge in [0.05, 0.1) is 22.1 Å². The topological polar surface area (TPSA) is 22.8 Å². The molecular weight excluding hydrogens is 823 g/mol. The van der Waals surface area contributed by atoms with E-state index in [1.165, 1.54) is 110 Å². The Bertz CT molecular complexity index is 4280. The summed E-state index contributed by atoms with van der Waals surface area (Å²) in [6.07, 6.45) is 3.92. The molecule has 0 amide bonds. The molecule has 0 fully saturated rings. The van der Waals surface area contributed by atoms with Crippen LogP contribution in [0.5, 0.6) is 0 Å². The fourth-order valence-corrected chi connectivity index (χ4v) is 11.2. The zero-order valence-corrected chi connectivity index (χ0v) is 37.0. The third kappa shape index (κ3) is 5.82. The van der Waals surface area contributed by atoms with E-state index in [4.69, 9.17) is 0 Å². The van der Waals surface area contributed by atoms with Crippen molar-refractivity contribution in [1.82, 2.24) is 14.1 Å². The first-order chi connectivity index (χ1) is 33.8. The first kappa shape index (κ1) is 38.2. The first-order valence-corrected chi connectivity index (χ1v) is 23.4. The number of benzene rings is 11. The molecule has 0 aliphatic carbocycles. The van der Waals surface area contributed by atoms with Gasteiger partial charge in [-0.25, -0.2) is 0 Å². The van der Waals surface area contributed by atoms with Crippen LogP contribution < -0.4 is 0 Å². The number of fused-ring (bicyclic) bond motifs is 10. The summed E-state index contributed by atoms with van der Waals surface area (Å²) in [6, 6.07) is 86.8. The zero-order valence-electron chi connectivity index (χ0n) is 37.0. The van der Waals surface area contributed by atoms with Crippen LogP contribution in [-0.4, -0.2) is 14.1 Å². The summed E-state index contributed by atoms with van der Waals surface area (Å²) in [5.41, 5.74) is 16.7. The van der Waals surface area contributed by atoms with E-state index in [1.54, 1.807) is 0 Å². The molecule has 11 aromatic carbocycles. The van der Waals surface area contributed by atoms with E-state index in [-0.39, 0.29) is 0 Å². The highest BCUT2D eigenvalue weighted by atomic mass is 15.0. The second kappa shape index (κ2) is 15.3. The smallest absolute Gasteiger partial charge is 0.0620 e. The molecule has 0 spiro atoms. The molecular formula is C65H41N3. The number of hydrogen-bond donors (Lipinski definition) is 0. The first-order valence-electron chi connectivity index (χ1n) is 23.4. The Kier molecular flexibility index (Phi) is 8.59. The molecule has 0 saturated heterocycles. The van der Waals surface area contributed by atoms with E-state index < -0.39 is 0 Å². The van der Waals surface area contributed by atoms with Gasteiger partial charge in [-0.15, -0.1) is 0 Å². The molecule has 0 saturated carbocycles. The van der Waals surface area contributed by atoms with Gasteiger partial charge in [0, 0.05) is 50.7 Å². The van der Waals surface area contributed by atoms with Crippen molar-refractivity contribution < 1.29 is 0 Å². The largest absolute Gasteiger partial charge is 0.309 e. The van der Waals surface area contributed by atoms with Crippen LogP contribution in [0.25, 0.3) is 132 Å². The van der Waals surface area contributed by atoms with Crippen molar-refractivity contribution in [2.75, 3.05) is 0 Å². The SMILES string of the molecule is c1ccc(-c2c3ccccc3c(-c3ccccc3)c3cc(-c4ccc5c(c4)c4cc(-c6cc7c8cnccc8n(-c8ccccc8)c7c7ccccc67)ccc4n5-c4ccccc4)ccc23)cc1. The predicted octanol–water partition coefficient (Wildman–Crippen LogP) is 17.4. The van der Waals surface area contributed by atoms with Crippen molar-refractivity contribution in [3.8, 4) is 55.9 Å². The van der Waals surface area contributed by atoms with Gasteiger partial charge in [-0.3, -0.25) is 4.98 Å². The fraction of sp³-hybridized carbons (Fsp3) is 0. The van der Waals surface area contributed by atoms with Crippen molar-refractivity contribution in [2.24, 2.45) is 0 Å². The highest BCUT2D eigenvalue weighted by Gasteiger charge is 2.21. The van der Waals surface area contributed by atoms with Gasteiger partial charge < -0.3 is 9.13 Å². The van der Waals surface area contributed by atoms with Gasteiger partial charge in [-0.05, 0) is 138 Å². The number of hydrogen-bond acceptors (Lipinski definition) is 1. The van der Waals surface area contributed by atoms with Crippen molar-refractivity contribution in [2.45, 2.75) is 0 Å². The lowest BCUT2D eigenvalue weighted by Crippen LogP contribution is -1.94. The van der Waals surface area contributed by atoms with Crippen LogP contribution in [0.3, 0.4) is 0 Å². The maximum absolute atomic E-state index is 4.64. The summed E-state index contributed by atoms with van der Waals surface area (Å²) in [4.78, 5) is 4.64. The van der Waals surface area contributed by atoms with Crippen LogP contribution in [-0.2, 0) is 0 Å². The lowest BCUT2D eigenvalue weighted by Gasteiger charge is -2.18. The van der Waals surface area contributed by atoms with Crippen LogP contribution >= 0.6 is 0 Å². The molecule has 3 nitrogen and oxygen atoms in total. The standard InChI is InChI=1S/C65H41N3/c1-5-17-42(18-6-1)63-50-26-14-15-27-51(50)64(43-19-7-2-8-20-43)57-38-44(29-32-52(57)63)45-30-33-60-55(37-45)56-39-46(31-34-61(56)67(60)47-21-9-3-10-22-47)54-40-58-59-41-66-36-35-62(59)68(48-23-11-4-12-24-48)65(58)53-28-16-13-25-49(53)54/h1-41H. The maximum atomic E-state index is 4.64. The minimum atomic E-state index is 1.13. The molecule has 0 radical (unpaired) electrons. The predicted molar refractivity (Wildman–Crippen MR) is 287 cm³/mol. The molecule has 0 bridgehead atoms. The molecule has 0 aliphatic heterocycles. The molecule has 316 valence electrons. The van der Waals surface area contributed by atoms with Crippen LogP contribution in [0.1, 0.15) is 0 Å².